The van der Waals surface area contributed by atoms with Gasteiger partial charge in [0.1, 0.15) is 0 Å². The van der Waals surface area contributed by atoms with Gasteiger partial charge in [0.15, 0.2) is 0 Å². The summed E-state index contributed by atoms with van der Waals surface area (Å²) in [4.78, 5) is -0.899. The molecule has 0 N–H and O–H groups in total. The van der Waals surface area contributed by atoms with Crippen molar-refractivity contribution in [3.8, 4) is 0 Å². The average molecular weight is 480 g/mol. The molecular formula is C10H14Br3Cl3. The van der Waals surface area contributed by atoms with Gasteiger partial charge in [0.2, 0.25) is 0 Å². The first-order valence-corrected chi connectivity index (χ1v) is 8.89. The third-order valence-electron chi connectivity index (χ3n) is 2.16. The van der Waals surface area contributed by atoms with Crippen LogP contribution in [-0.2, 0) is 0 Å². The van der Waals surface area contributed by atoms with E-state index in [9.17, 15) is 0 Å². The maximum Gasteiger partial charge on any atom is 0.0714 e. The molecule has 4 atom stereocenters. The first-order chi connectivity index (χ1) is 7.17. The van der Waals surface area contributed by atoms with Gasteiger partial charge in [-0.2, -0.15) is 0 Å². The lowest BCUT2D eigenvalue weighted by atomic mass is 10.0. The Kier molecular flexibility index (Phi) is 8.57. The summed E-state index contributed by atoms with van der Waals surface area (Å²) in [5.74, 6) is 0.451. The molecule has 96 valence electrons. The van der Waals surface area contributed by atoms with Crippen LogP contribution in [0.1, 0.15) is 13.8 Å². The van der Waals surface area contributed by atoms with Gasteiger partial charge in [-0.25, -0.2) is 0 Å². The molecule has 0 fully saturated rings. The van der Waals surface area contributed by atoms with Crippen molar-refractivity contribution in [2.45, 2.75) is 33.3 Å². The second kappa shape index (κ2) is 7.59. The number of alkyl halides is 6. The van der Waals surface area contributed by atoms with Gasteiger partial charge in [-0.1, -0.05) is 59.9 Å². The summed E-state index contributed by atoms with van der Waals surface area (Å²) in [6.07, 6.45) is 3.89. The Morgan fingerprint density at radius 3 is 2.12 bits per heavy atom. The van der Waals surface area contributed by atoms with Crippen molar-refractivity contribution in [2.24, 2.45) is 0 Å². The van der Waals surface area contributed by atoms with Crippen molar-refractivity contribution in [3.63, 3.8) is 0 Å². The zero-order valence-electron chi connectivity index (χ0n) is 8.99. The molecule has 0 radical (unpaired) electrons. The molecule has 0 bridgehead atoms. The number of allylic oxidation sites excluding steroid dienone is 2. The number of hydrogen-bond acceptors (Lipinski definition) is 0. The zero-order chi connectivity index (χ0) is 13.0. The summed E-state index contributed by atoms with van der Waals surface area (Å²) >= 11 is 28.8. The fourth-order valence-electron chi connectivity index (χ4n) is 0.841. The molecule has 0 saturated heterocycles. The summed E-state index contributed by atoms with van der Waals surface area (Å²) < 4.78 is 0. The van der Waals surface area contributed by atoms with Crippen LogP contribution in [0, 0.1) is 0 Å². The van der Waals surface area contributed by atoms with Gasteiger partial charge in [-0.3, -0.25) is 0 Å². The monoisotopic (exact) mass is 476 g/mol. The van der Waals surface area contributed by atoms with Crippen molar-refractivity contribution < 1.29 is 0 Å². The molecule has 0 saturated carbocycles. The third kappa shape index (κ3) is 5.79. The minimum atomic E-state index is -0.502. The summed E-state index contributed by atoms with van der Waals surface area (Å²) in [5.41, 5.74) is 0. The van der Waals surface area contributed by atoms with E-state index in [0.717, 1.165) is 0 Å². The van der Waals surface area contributed by atoms with E-state index in [1.54, 1.807) is 0 Å². The van der Waals surface area contributed by atoms with Crippen LogP contribution in [-0.4, -0.2) is 30.6 Å². The van der Waals surface area contributed by atoms with E-state index in [4.69, 9.17) is 34.8 Å². The maximum absolute atomic E-state index is 6.43. The molecule has 0 aromatic carbocycles. The van der Waals surface area contributed by atoms with Gasteiger partial charge >= 0.3 is 0 Å². The lowest BCUT2D eigenvalue weighted by Crippen LogP contribution is -2.38. The molecule has 0 unspecified atom stereocenters. The quantitative estimate of drug-likeness (QED) is 0.338. The molecule has 0 aliphatic carbocycles. The van der Waals surface area contributed by atoms with Gasteiger partial charge in [-0.05, 0) is 13.8 Å². The van der Waals surface area contributed by atoms with E-state index < -0.39 is 9.75 Å². The zero-order valence-corrected chi connectivity index (χ0v) is 16.0. The van der Waals surface area contributed by atoms with Crippen LogP contribution in [0.4, 0.5) is 0 Å². The van der Waals surface area contributed by atoms with E-state index in [1.165, 1.54) is 0 Å². The normalized spacial score (nSPS) is 23.8. The Morgan fingerprint density at radius 2 is 1.75 bits per heavy atom. The summed E-state index contributed by atoms with van der Waals surface area (Å²) in [5, 5.41) is 0.685. The molecule has 0 nitrogen and oxygen atoms in total. The fraction of sp³-hybridized carbons (Fsp3) is 0.800. The van der Waals surface area contributed by atoms with E-state index in [-0.39, 0.29) is 9.65 Å². The standard InChI is InChI=1S/C10H14Br3Cl3/c1-9(15,6-11)4-3-7(12)10(2,16)8(13)5-14/h3-4,7-8H,5-6H2,1-2H3/b4-3+/t7-,8+,9-,10+/m1/s1. The molecule has 0 rings (SSSR count). The molecule has 0 aliphatic heterocycles. The number of rotatable bonds is 6. The van der Waals surface area contributed by atoms with Crippen LogP contribution >= 0.6 is 82.6 Å². The third-order valence-corrected chi connectivity index (χ3v) is 8.15. The van der Waals surface area contributed by atoms with Gasteiger partial charge in [-0.15, -0.1) is 34.8 Å². The molecule has 0 aliphatic rings. The first kappa shape index (κ1) is 18.0. The topological polar surface area (TPSA) is 0 Å². The molecule has 0 aromatic heterocycles. The smallest absolute Gasteiger partial charge is 0.0714 e. The Balaban J connectivity index is 4.63. The average Bonchev–Trinajstić information content (AvgIpc) is 2.24. The largest absolute Gasteiger partial charge is 0.125 e. The lowest BCUT2D eigenvalue weighted by Gasteiger charge is -2.30. The van der Waals surface area contributed by atoms with Gasteiger partial charge in [0.05, 0.1) is 14.6 Å². The highest BCUT2D eigenvalue weighted by Crippen LogP contribution is 2.35. The molecule has 0 heterocycles. The highest BCUT2D eigenvalue weighted by molar-refractivity contribution is 9.10. The SMILES string of the molecule is C[C@](Cl)([C@H](Br)/C=C/[C@@](C)(Cl)CBr)[C@@H](Br)CCl. The summed E-state index contributed by atoms with van der Waals surface area (Å²) in [7, 11) is 0. The molecule has 16 heavy (non-hydrogen) atoms. The number of hydrogen-bond donors (Lipinski definition) is 0. The highest BCUT2D eigenvalue weighted by Gasteiger charge is 2.35. The van der Waals surface area contributed by atoms with Crippen molar-refractivity contribution in [1.82, 2.24) is 0 Å². The fourth-order valence-corrected chi connectivity index (χ4v) is 2.76. The molecule has 0 amide bonds. The Morgan fingerprint density at radius 1 is 1.25 bits per heavy atom. The van der Waals surface area contributed by atoms with Crippen LogP contribution in [0.2, 0.25) is 0 Å². The molecule has 0 spiro atoms. The molecule has 6 heteroatoms. The Hall–Kier alpha value is 2.05. The van der Waals surface area contributed by atoms with Crippen LogP contribution in [0.15, 0.2) is 12.2 Å². The van der Waals surface area contributed by atoms with Crippen LogP contribution in [0.25, 0.3) is 0 Å². The Labute approximate surface area is 138 Å². The van der Waals surface area contributed by atoms with Gasteiger partial charge < -0.3 is 0 Å². The second-order valence-corrected chi connectivity index (χ2v) is 8.58. The summed E-state index contributed by atoms with van der Waals surface area (Å²) in [6, 6.07) is 0. The van der Waals surface area contributed by atoms with E-state index in [1.807, 2.05) is 26.0 Å². The number of halogens is 6. The maximum atomic E-state index is 6.43. The first-order valence-electron chi connectivity index (χ1n) is 4.64. The second-order valence-electron chi connectivity index (χ2n) is 3.95. The minimum absolute atomic E-state index is 0.0121. The van der Waals surface area contributed by atoms with Crippen LogP contribution < -0.4 is 0 Å². The van der Waals surface area contributed by atoms with Crippen molar-refractivity contribution in [2.75, 3.05) is 11.2 Å². The van der Waals surface area contributed by atoms with Crippen LogP contribution in [0.3, 0.4) is 0 Å². The highest BCUT2D eigenvalue weighted by atomic mass is 79.9. The molecule has 0 aromatic rings. The molecular weight excluding hydrogens is 466 g/mol. The van der Waals surface area contributed by atoms with Gasteiger partial charge in [0, 0.05) is 16.0 Å². The van der Waals surface area contributed by atoms with Gasteiger partial charge in [0.25, 0.3) is 0 Å². The van der Waals surface area contributed by atoms with Crippen molar-refractivity contribution in [1.29, 1.82) is 0 Å². The van der Waals surface area contributed by atoms with E-state index in [0.29, 0.717) is 11.2 Å². The van der Waals surface area contributed by atoms with Crippen molar-refractivity contribution in [3.05, 3.63) is 12.2 Å². The predicted octanol–water partition coefficient (Wildman–Crippen LogP) is 5.70. The van der Waals surface area contributed by atoms with Crippen LogP contribution in [0.5, 0.6) is 0 Å². The Bertz CT molecular complexity index is 241. The van der Waals surface area contributed by atoms with E-state index >= 15 is 0 Å². The minimum Gasteiger partial charge on any atom is -0.125 e. The van der Waals surface area contributed by atoms with Crippen molar-refractivity contribution >= 4 is 82.6 Å². The van der Waals surface area contributed by atoms with E-state index in [2.05, 4.69) is 47.8 Å². The summed E-state index contributed by atoms with van der Waals surface area (Å²) in [6.45, 7) is 3.86. The predicted molar refractivity (Wildman–Crippen MR) is 87.6 cm³/mol. The lowest BCUT2D eigenvalue weighted by molar-refractivity contribution is 0.658.